The molecule has 2 N–H and O–H groups in total. The van der Waals surface area contributed by atoms with Crippen LogP contribution < -0.4 is 5.73 Å². The van der Waals surface area contributed by atoms with Crippen LogP contribution in [0.3, 0.4) is 0 Å². The molecule has 0 aliphatic heterocycles. The van der Waals surface area contributed by atoms with Crippen molar-refractivity contribution >= 4 is 16.3 Å². The number of nitrogens with zero attached hydrogens (tertiary/aromatic N) is 2. The van der Waals surface area contributed by atoms with Crippen LogP contribution in [0, 0.1) is 6.92 Å². The molecule has 0 saturated heterocycles. The van der Waals surface area contributed by atoms with E-state index in [0.717, 1.165) is 10.4 Å². The molecule has 6 heteroatoms. The van der Waals surface area contributed by atoms with Crippen LogP contribution in [0.1, 0.15) is 17.6 Å². The van der Waals surface area contributed by atoms with E-state index in [4.69, 9.17) is 15.0 Å². The van der Waals surface area contributed by atoms with Gasteiger partial charge < -0.3 is 15.0 Å². The second kappa shape index (κ2) is 5.29. The first kappa shape index (κ1) is 12.1. The molecule has 0 atom stereocenters. The Morgan fingerprint density at radius 1 is 1.53 bits per heavy atom. The summed E-state index contributed by atoms with van der Waals surface area (Å²) < 4.78 is 10.4. The molecule has 2 heterocycles. The van der Waals surface area contributed by atoms with Gasteiger partial charge in [0.1, 0.15) is 0 Å². The van der Waals surface area contributed by atoms with Gasteiger partial charge in [0.2, 0.25) is 0 Å². The Morgan fingerprint density at radius 3 is 3.00 bits per heavy atom. The van der Waals surface area contributed by atoms with E-state index < -0.39 is 0 Å². The average Bonchev–Trinajstić information content (AvgIpc) is 2.86. The molecular formula is C11H15N3O2S. The van der Waals surface area contributed by atoms with Gasteiger partial charge in [-0.15, -0.1) is 11.3 Å². The number of thiophene rings is 1. The number of aryl methyl sites for hydroxylation is 1. The minimum atomic E-state index is 0.485. The summed E-state index contributed by atoms with van der Waals surface area (Å²) in [5.74, 6) is 1.13. The molecule has 17 heavy (non-hydrogen) atoms. The smallest absolute Gasteiger partial charge is 0.260 e. The van der Waals surface area contributed by atoms with Crippen molar-refractivity contribution in [1.29, 1.82) is 0 Å². The molecule has 0 radical (unpaired) electrons. The van der Waals surface area contributed by atoms with Crippen LogP contribution in [0.25, 0.3) is 11.5 Å². The molecule has 0 aliphatic carbocycles. The van der Waals surface area contributed by atoms with Crippen LogP contribution in [-0.4, -0.2) is 23.4 Å². The second-order valence-electron chi connectivity index (χ2n) is 3.60. The van der Waals surface area contributed by atoms with Crippen molar-refractivity contribution in [3.8, 4) is 11.5 Å². The monoisotopic (exact) mass is 253 g/mol. The lowest BCUT2D eigenvalue weighted by Crippen LogP contribution is -1.99. The Labute approximate surface area is 104 Å². The normalized spacial score (nSPS) is 10.9. The summed E-state index contributed by atoms with van der Waals surface area (Å²) in [5, 5.41) is 4.61. The van der Waals surface area contributed by atoms with E-state index in [1.54, 1.807) is 0 Å². The van der Waals surface area contributed by atoms with Crippen LogP contribution >= 0.6 is 11.3 Å². The highest BCUT2D eigenvalue weighted by Gasteiger charge is 2.13. The maximum absolute atomic E-state index is 5.87. The van der Waals surface area contributed by atoms with Crippen molar-refractivity contribution in [2.75, 3.05) is 18.9 Å². The molecule has 0 saturated carbocycles. The van der Waals surface area contributed by atoms with Crippen LogP contribution in [0.5, 0.6) is 0 Å². The lowest BCUT2D eigenvalue weighted by molar-refractivity contribution is 0.149. The number of rotatable bonds is 5. The number of nitrogen functional groups attached to an aromatic ring is 1. The molecule has 0 aliphatic rings. The van der Waals surface area contributed by atoms with Crippen LogP contribution in [-0.2, 0) is 11.2 Å². The van der Waals surface area contributed by atoms with E-state index >= 15 is 0 Å². The highest BCUT2D eigenvalue weighted by Crippen LogP contribution is 2.32. The third kappa shape index (κ3) is 2.83. The third-order valence-electron chi connectivity index (χ3n) is 2.26. The molecule has 2 aromatic rings. The maximum atomic E-state index is 5.87. The van der Waals surface area contributed by atoms with Crippen molar-refractivity contribution in [1.82, 2.24) is 10.1 Å². The summed E-state index contributed by atoms with van der Waals surface area (Å²) in [6.45, 7) is 5.25. The molecule has 0 spiro atoms. The van der Waals surface area contributed by atoms with Gasteiger partial charge in [0.25, 0.3) is 5.89 Å². The number of anilines is 1. The number of hydrogen-bond acceptors (Lipinski definition) is 6. The van der Waals surface area contributed by atoms with Gasteiger partial charge in [-0.05, 0) is 19.9 Å². The van der Waals surface area contributed by atoms with Gasteiger partial charge in [0.05, 0.1) is 17.2 Å². The van der Waals surface area contributed by atoms with Crippen LogP contribution in [0.4, 0.5) is 5.00 Å². The fourth-order valence-electron chi connectivity index (χ4n) is 1.47. The van der Waals surface area contributed by atoms with Gasteiger partial charge >= 0.3 is 0 Å². The van der Waals surface area contributed by atoms with Gasteiger partial charge in [-0.25, -0.2) is 0 Å². The van der Waals surface area contributed by atoms with E-state index in [-0.39, 0.29) is 0 Å². The van der Waals surface area contributed by atoms with E-state index in [0.29, 0.717) is 36.4 Å². The summed E-state index contributed by atoms with van der Waals surface area (Å²) in [4.78, 5) is 5.43. The molecule has 0 bridgehead atoms. The summed E-state index contributed by atoms with van der Waals surface area (Å²) in [6, 6.07) is 1.96. The minimum absolute atomic E-state index is 0.485. The van der Waals surface area contributed by atoms with Crippen molar-refractivity contribution in [3.63, 3.8) is 0 Å². The highest BCUT2D eigenvalue weighted by atomic mass is 32.1. The molecule has 0 aromatic carbocycles. The summed E-state index contributed by atoms with van der Waals surface area (Å²) in [7, 11) is 0. The Balaban J connectivity index is 2.10. The zero-order valence-electron chi connectivity index (χ0n) is 9.90. The maximum Gasteiger partial charge on any atom is 0.260 e. The standard InChI is InChI=1S/C11H15N3O2S/c1-3-15-5-4-9-13-11(16-14-9)8-6-7(2)17-10(8)12/h6H,3-5,12H2,1-2H3. The number of hydrogen-bond donors (Lipinski definition) is 1. The second-order valence-corrected chi connectivity index (χ2v) is 4.89. The van der Waals surface area contributed by atoms with E-state index in [9.17, 15) is 0 Å². The zero-order valence-corrected chi connectivity index (χ0v) is 10.7. The quantitative estimate of drug-likeness (QED) is 0.827. The summed E-state index contributed by atoms with van der Waals surface area (Å²) in [5.41, 5.74) is 6.69. The molecule has 0 amide bonds. The molecule has 92 valence electrons. The van der Waals surface area contributed by atoms with Crippen molar-refractivity contribution in [3.05, 3.63) is 16.8 Å². The topological polar surface area (TPSA) is 74.2 Å². The molecule has 2 aromatic heterocycles. The average molecular weight is 253 g/mol. The molecule has 0 unspecified atom stereocenters. The van der Waals surface area contributed by atoms with Gasteiger partial charge in [-0.2, -0.15) is 4.98 Å². The lowest BCUT2D eigenvalue weighted by atomic mass is 10.3. The van der Waals surface area contributed by atoms with Gasteiger partial charge in [-0.1, -0.05) is 5.16 Å². The largest absolute Gasteiger partial charge is 0.390 e. The van der Waals surface area contributed by atoms with Crippen molar-refractivity contribution in [2.24, 2.45) is 0 Å². The fraction of sp³-hybridized carbons (Fsp3) is 0.455. The fourth-order valence-corrected chi connectivity index (χ4v) is 2.25. The Hall–Kier alpha value is -1.40. The number of ether oxygens (including phenoxy) is 1. The molecule has 2 rings (SSSR count). The van der Waals surface area contributed by atoms with Gasteiger partial charge in [0.15, 0.2) is 5.82 Å². The number of nitrogens with two attached hydrogens (primary N) is 1. The lowest BCUT2D eigenvalue weighted by Gasteiger charge is -1.94. The van der Waals surface area contributed by atoms with Crippen molar-refractivity contribution < 1.29 is 9.26 Å². The highest BCUT2D eigenvalue weighted by molar-refractivity contribution is 7.16. The zero-order chi connectivity index (χ0) is 12.3. The SMILES string of the molecule is CCOCCc1noc(-c2cc(C)sc2N)n1. The van der Waals surface area contributed by atoms with E-state index in [1.165, 1.54) is 11.3 Å². The van der Waals surface area contributed by atoms with Crippen molar-refractivity contribution in [2.45, 2.75) is 20.3 Å². The first-order chi connectivity index (χ1) is 8.20. The van der Waals surface area contributed by atoms with Gasteiger partial charge in [0, 0.05) is 17.9 Å². The Morgan fingerprint density at radius 2 is 2.35 bits per heavy atom. The predicted molar refractivity (Wildman–Crippen MR) is 67.0 cm³/mol. The van der Waals surface area contributed by atoms with E-state index in [1.807, 2.05) is 19.9 Å². The number of aromatic nitrogens is 2. The summed E-state index contributed by atoms with van der Waals surface area (Å²) >= 11 is 1.52. The summed E-state index contributed by atoms with van der Waals surface area (Å²) in [6.07, 6.45) is 0.653. The third-order valence-corrected chi connectivity index (χ3v) is 3.14. The molecular weight excluding hydrogens is 238 g/mol. The minimum Gasteiger partial charge on any atom is -0.390 e. The Kier molecular flexibility index (Phi) is 3.75. The molecule has 5 nitrogen and oxygen atoms in total. The first-order valence-corrected chi connectivity index (χ1v) is 6.29. The predicted octanol–water partition coefficient (Wildman–Crippen LogP) is 2.27. The first-order valence-electron chi connectivity index (χ1n) is 5.47. The van der Waals surface area contributed by atoms with Crippen LogP contribution in [0.2, 0.25) is 0 Å². The van der Waals surface area contributed by atoms with E-state index in [2.05, 4.69) is 10.1 Å². The van der Waals surface area contributed by atoms with Crippen LogP contribution in [0.15, 0.2) is 10.6 Å². The Bertz CT molecular complexity index is 493. The van der Waals surface area contributed by atoms with Gasteiger partial charge in [-0.3, -0.25) is 0 Å². The molecule has 0 fully saturated rings.